The molecule has 88 valence electrons. The molecule has 0 radical (unpaired) electrons. The summed E-state index contributed by atoms with van der Waals surface area (Å²) in [5.41, 5.74) is 2.18. The van der Waals surface area contributed by atoms with Crippen molar-refractivity contribution < 1.29 is 9.53 Å². The number of allylic oxidation sites excluding steroid dienone is 3. The Morgan fingerprint density at radius 1 is 1.41 bits per heavy atom. The predicted octanol–water partition coefficient (Wildman–Crippen LogP) is 3.41. The average molecular weight is 228 g/mol. The fraction of sp³-hybridized carbons (Fsp3) is 0.133. The second-order valence-corrected chi connectivity index (χ2v) is 3.56. The molecule has 2 nitrogen and oxygen atoms in total. The Kier molecular flexibility index (Phi) is 4.95. The van der Waals surface area contributed by atoms with Gasteiger partial charge in [-0.3, -0.25) is 4.79 Å². The molecule has 0 aliphatic heterocycles. The lowest BCUT2D eigenvalue weighted by atomic mass is 10.0. The Bertz CT molecular complexity index is 456. The van der Waals surface area contributed by atoms with Crippen molar-refractivity contribution in [3.05, 3.63) is 60.2 Å². The smallest absolute Gasteiger partial charge is 0.150 e. The summed E-state index contributed by atoms with van der Waals surface area (Å²) < 4.78 is 5.22. The van der Waals surface area contributed by atoms with Crippen molar-refractivity contribution >= 4 is 12.4 Å². The largest absolute Gasteiger partial charge is 0.496 e. The van der Waals surface area contributed by atoms with Crippen LogP contribution in [0.5, 0.6) is 5.75 Å². The second kappa shape index (κ2) is 6.48. The number of ether oxygens (including phenoxy) is 1. The van der Waals surface area contributed by atoms with Crippen LogP contribution < -0.4 is 4.74 Å². The average Bonchev–Trinajstić information content (AvgIpc) is 2.36. The van der Waals surface area contributed by atoms with Gasteiger partial charge in [-0.15, -0.1) is 6.58 Å². The molecule has 0 amide bonds. The van der Waals surface area contributed by atoms with Crippen molar-refractivity contribution in [3.8, 4) is 5.75 Å². The summed E-state index contributed by atoms with van der Waals surface area (Å²) >= 11 is 0. The fourth-order valence-electron chi connectivity index (χ4n) is 1.46. The summed E-state index contributed by atoms with van der Waals surface area (Å²) in [4.78, 5) is 11.0. The highest BCUT2D eigenvalue weighted by molar-refractivity contribution is 5.88. The maximum atomic E-state index is 11.0. The number of carbonyl (C=O) groups excluding carboxylic acids is 1. The molecule has 0 bridgehead atoms. The molecule has 0 N–H and O–H groups in total. The highest BCUT2D eigenvalue weighted by Gasteiger charge is 2.03. The first-order valence-electron chi connectivity index (χ1n) is 5.32. The van der Waals surface area contributed by atoms with Gasteiger partial charge in [0.1, 0.15) is 12.0 Å². The van der Waals surface area contributed by atoms with Crippen LogP contribution in [-0.2, 0) is 4.79 Å². The summed E-state index contributed by atoms with van der Waals surface area (Å²) in [7, 11) is 1.60. The fourth-order valence-corrected chi connectivity index (χ4v) is 1.46. The quantitative estimate of drug-likeness (QED) is 0.323. The lowest BCUT2D eigenvalue weighted by molar-refractivity contribution is -0.104. The van der Waals surface area contributed by atoms with Crippen molar-refractivity contribution in [2.24, 2.45) is 0 Å². The van der Waals surface area contributed by atoms with E-state index in [4.69, 9.17) is 4.74 Å². The minimum atomic E-state index is 0.564. The van der Waals surface area contributed by atoms with Crippen molar-refractivity contribution in [1.82, 2.24) is 0 Å². The minimum Gasteiger partial charge on any atom is -0.496 e. The number of hydrogen-bond donors (Lipinski definition) is 0. The van der Waals surface area contributed by atoms with Crippen LogP contribution in [0, 0.1) is 0 Å². The van der Waals surface area contributed by atoms with E-state index in [0.29, 0.717) is 12.0 Å². The zero-order valence-electron chi connectivity index (χ0n) is 9.98. The molecule has 0 saturated heterocycles. The maximum absolute atomic E-state index is 11.0. The minimum absolute atomic E-state index is 0.564. The van der Waals surface area contributed by atoms with Gasteiger partial charge in [0.15, 0.2) is 0 Å². The van der Waals surface area contributed by atoms with Gasteiger partial charge in [-0.25, -0.2) is 0 Å². The zero-order chi connectivity index (χ0) is 12.7. The molecule has 0 fully saturated rings. The van der Waals surface area contributed by atoms with E-state index in [2.05, 4.69) is 13.2 Å². The number of methoxy groups -OCH3 is 1. The van der Waals surface area contributed by atoms with Crippen LogP contribution in [0.2, 0.25) is 0 Å². The normalized spacial score (nSPS) is 10.8. The molecule has 0 saturated carbocycles. The van der Waals surface area contributed by atoms with Crippen molar-refractivity contribution in [3.63, 3.8) is 0 Å². The Balaban J connectivity index is 3.09. The van der Waals surface area contributed by atoms with E-state index in [-0.39, 0.29) is 0 Å². The molecular weight excluding hydrogens is 212 g/mol. The highest BCUT2D eigenvalue weighted by atomic mass is 16.5. The molecule has 0 aromatic heterocycles. The van der Waals surface area contributed by atoms with Crippen molar-refractivity contribution in [2.75, 3.05) is 7.11 Å². The van der Waals surface area contributed by atoms with Crippen LogP contribution in [0.3, 0.4) is 0 Å². The molecule has 1 aromatic carbocycles. The topological polar surface area (TPSA) is 26.3 Å². The molecule has 0 unspecified atom stereocenters. The third kappa shape index (κ3) is 3.45. The lowest BCUT2D eigenvalue weighted by Gasteiger charge is -2.06. The third-order valence-corrected chi connectivity index (χ3v) is 2.38. The van der Waals surface area contributed by atoms with Gasteiger partial charge in [0.25, 0.3) is 0 Å². The Labute approximate surface area is 102 Å². The standard InChI is InChI=1S/C15H16O2/c1-4-7-12(2)14(11-16)10-13-8-5-6-9-15(13)17-3/h4-6,8-11H,1-2,7H2,3H3/b14-10+. The molecule has 0 aliphatic carbocycles. The molecule has 0 aliphatic rings. The predicted molar refractivity (Wildman–Crippen MR) is 71.0 cm³/mol. The van der Waals surface area contributed by atoms with Gasteiger partial charge in [0, 0.05) is 11.1 Å². The molecule has 0 heterocycles. The van der Waals surface area contributed by atoms with E-state index in [1.807, 2.05) is 24.3 Å². The van der Waals surface area contributed by atoms with Gasteiger partial charge in [0.2, 0.25) is 0 Å². The van der Waals surface area contributed by atoms with Gasteiger partial charge >= 0.3 is 0 Å². The number of hydrogen-bond acceptors (Lipinski definition) is 2. The van der Waals surface area contributed by atoms with E-state index in [9.17, 15) is 4.79 Å². The Hall–Kier alpha value is -2.09. The van der Waals surface area contributed by atoms with Crippen LogP contribution in [0.25, 0.3) is 6.08 Å². The first-order valence-corrected chi connectivity index (χ1v) is 5.32. The molecule has 2 heteroatoms. The van der Waals surface area contributed by atoms with E-state index >= 15 is 0 Å². The first-order chi connectivity index (χ1) is 8.22. The number of rotatable bonds is 6. The third-order valence-electron chi connectivity index (χ3n) is 2.38. The number of para-hydroxylation sites is 1. The van der Waals surface area contributed by atoms with Gasteiger partial charge in [-0.05, 0) is 24.1 Å². The molecule has 17 heavy (non-hydrogen) atoms. The van der Waals surface area contributed by atoms with Crippen molar-refractivity contribution in [1.29, 1.82) is 0 Å². The van der Waals surface area contributed by atoms with Crippen LogP contribution in [-0.4, -0.2) is 13.4 Å². The van der Waals surface area contributed by atoms with Gasteiger partial charge in [-0.1, -0.05) is 30.9 Å². The summed E-state index contributed by atoms with van der Waals surface area (Å²) in [6, 6.07) is 7.52. The van der Waals surface area contributed by atoms with E-state index in [0.717, 1.165) is 23.2 Å². The summed E-state index contributed by atoms with van der Waals surface area (Å²) in [6.45, 7) is 7.49. The van der Waals surface area contributed by atoms with Gasteiger partial charge in [-0.2, -0.15) is 0 Å². The Morgan fingerprint density at radius 2 is 2.12 bits per heavy atom. The van der Waals surface area contributed by atoms with Gasteiger partial charge in [0.05, 0.1) is 7.11 Å². The molecule has 1 aromatic rings. The van der Waals surface area contributed by atoms with E-state index < -0.39 is 0 Å². The molecular formula is C15H16O2. The number of benzene rings is 1. The number of carbonyl (C=O) groups is 1. The monoisotopic (exact) mass is 228 g/mol. The Morgan fingerprint density at radius 3 is 2.71 bits per heavy atom. The van der Waals surface area contributed by atoms with Crippen LogP contribution in [0.4, 0.5) is 0 Å². The van der Waals surface area contributed by atoms with Crippen LogP contribution in [0.1, 0.15) is 12.0 Å². The summed E-state index contributed by atoms with van der Waals surface area (Å²) in [5.74, 6) is 0.734. The number of aldehydes is 1. The first kappa shape index (κ1) is 13.0. The second-order valence-electron chi connectivity index (χ2n) is 3.56. The van der Waals surface area contributed by atoms with Crippen LogP contribution in [0.15, 0.2) is 54.6 Å². The van der Waals surface area contributed by atoms with E-state index in [1.54, 1.807) is 19.3 Å². The van der Waals surface area contributed by atoms with Crippen molar-refractivity contribution in [2.45, 2.75) is 6.42 Å². The van der Waals surface area contributed by atoms with Gasteiger partial charge < -0.3 is 4.74 Å². The van der Waals surface area contributed by atoms with E-state index in [1.165, 1.54) is 0 Å². The van der Waals surface area contributed by atoms with Crippen LogP contribution >= 0.6 is 0 Å². The summed E-state index contributed by atoms with van der Waals surface area (Å²) in [6.07, 6.45) is 4.90. The molecule has 1 rings (SSSR count). The lowest BCUT2D eigenvalue weighted by Crippen LogP contribution is -1.91. The highest BCUT2D eigenvalue weighted by Crippen LogP contribution is 2.22. The SMILES string of the molecule is C=CCC(=C)/C(C=O)=C/c1ccccc1OC. The molecule has 0 spiro atoms. The zero-order valence-corrected chi connectivity index (χ0v) is 9.98. The summed E-state index contributed by atoms with van der Waals surface area (Å²) in [5, 5.41) is 0. The molecule has 0 atom stereocenters. The maximum Gasteiger partial charge on any atom is 0.150 e.